The Labute approximate surface area is 126 Å². The SMILES string of the molecule is C1CC2CCC(C1)C2CCC12CCCCC1CCCC2. The first-order valence-electron chi connectivity index (χ1n) is 9.87. The summed E-state index contributed by atoms with van der Waals surface area (Å²) in [5.41, 5.74) is 0.827. The van der Waals surface area contributed by atoms with Crippen LogP contribution in [0.4, 0.5) is 0 Å². The van der Waals surface area contributed by atoms with Crippen LogP contribution < -0.4 is 0 Å². The smallest absolute Gasteiger partial charge is 0.0269 e. The third kappa shape index (κ3) is 2.35. The summed E-state index contributed by atoms with van der Waals surface area (Å²) in [5, 5.41) is 0. The first-order valence-corrected chi connectivity index (χ1v) is 9.87. The Morgan fingerprint density at radius 2 is 1.30 bits per heavy atom. The van der Waals surface area contributed by atoms with E-state index in [0.29, 0.717) is 0 Å². The second kappa shape index (κ2) is 5.65. The van der Waals surface area contributed by atoms with Crippen molar-refractivity contribution in [3.05, 3.63) is 0 Å². The molecule has 0 heteroatoms. The molecule has 0 nitrogen and oxygen atoms in total. The summed E-state index contributed by atoms with van der Waals surface area (Å²) < 4.78 is 0. The van der Waals surface area contributed by atoms with Crippen molar-refractivity contribution in [2.75, 3.05) is 0 Å². The molecule has 0 aromatic heterocycles. The van der Waals surface area contributed by atoms with Crippen LogP contribution in [-0.2, 0) is 0 Å². The summed E-state index contributed by atoms with van der Waals surface area (Å²) in [5.74, 6) is 4.58. The lowest BCUT2D eigenvalue weighted by Crippen LogP contribution is -2.37. The highest BCUT2D eigenvalue weighted by Crippen LogP contribution is 2.56. The maximum atomic E-state index is 1.62. The molecule has 4 aliphatic rings. The molecule has 0 spiro atoms. The van der Waals surface area contributed by atoms with Crippen LogP contribution in [0, 0.1) is 29.1 Å². The van der Waals surface area contributed by atoms with E-state index in [-0.39, 0.29) is 0 Å². The van der Waals surface area contributed by atoms with Gasteiger partial charge in [0, 0.05) is 0 Å². The Bertz CT molecular complexity index is 303. The van der Waals surface area contributed by atoms with Crippen molar-refractivity contribution < 1.29 is 0 Å². The molecule has 2 unspecified atom stereocenters. The summed E-state index contributed by atoms with van der Waals surface area (Å²) in [6, 6.07) is 0. The minimum Gasteiger partial charge on any atom is -0.0530 e. The van der Waals surface area contributed by atoms with E-state index >= 15 is 0 Å². The molecule has 4 fully saturated rings. The summed E-state index contributed by atoms with van der Waals surface area (Å²) in [4.78, 5) is 0. The highest BCUT2D eigenvalue weighted by Gasteiger charge is 2.44. The van der Waals surface area contributed by atoms with E-state index in [0.717, 1.165) is 29.1 Å². The standard InChI is InChI=1S/C20H34/c1-3-13-20(14-4-2-9-18(20)8-1)15-12-19-16-6-5-7-17(19)11-10-16/h16-19H,1-15H2. The highest BCUT2D eigenvalue weighted by atomic mass is 14.5. The average Bonchev–Trinajstić information content (AvgIpc) is 2.72. The Hall–Kier alpha value is 0. The van der Waals surface area contributed by atoms with Crippen molar-refractivity contribution in [3.8, 4) is 0 Å². The Kier molecular flexibility index (Phi) is 3.86. The molecule has 4 aliphatic carbocycles. The van der Waals surface area contributed by atoms with Crippen molar-refractivity contribution in [1.82, 2.24) is 0 Å². The van der Waals surface area contributed by atoms with Crippen LogP contribution in [0.25, 0.3) is 0 Å². The Morgan fingerprint density at radius 3 is 1.95 bits per heavy atom. The fourth-order valence-corrected chi connectivity index (χ4v) is 7.01. The van der Waals surface area contributed by atoms with E-state index in [4.69, 9.17) is 0 Å². The van der Waals surface area contributed by atoms with Crippen molar-refractivity contribution in [1.29, 1.82) is 0 Å². The molecule has 2 bridgehead atoms. The van der Waals surface area contributed by atoms with Crippen LogP contribution in [0.3, 0.4) is 0 Å². The molecule has 0 radical (unpaired) electrons. The van der Waals surface area contributed by atoms with Gasteiger partial charge in [-0.3, -0.25) is 0 Å². The molecule has 114 valence electrons. The van der Waals surface area contributed by atoms with Gasteiger partial charge in [0.25, 0.3) is 0 Å². The van der Waals surface area contributed by atoms with E-state index in [9.17, 15) is 0 Å². The molecule has 4 rings (SSSR count). The molecular formula is C20H34. The second-order valence-electron chi connectivity index (χ2n) is 8.78. The van der Waals surface area contributed by atoms with E-state index in [2.05, 4.69) is 0 Å². The third-order valence-corrected chi connectivity index (χ3v) is 8.07. The normalized spacial score (nSPS) is 48.0. The zero-order valence-electron chi connectivity index (χ0n) is 13.4. The topological polar surface area (TPSA) is 0 Å². The summed E-state index contributed by atoms with van der Waals surface area (Å²) in [6.45, 7) is 0. The zero-order valence-corrected chi connectivity index (χ0v) is 13.4. The van der Waals surface area contributed by atoms with Crippen molar-refractivity contribution in [2.45, 2.75) is 96.3 Å². The molecule has 0 heterocycles. The van der Waals surface area contributed by atoms with E-state index < -0.39 is 0 Å². The number of hydrogen-bond donors (Lipinski definition) is 0. The van der Waals surface area contributed by atoms with E-state index in [1.165, 1.54) is 0 Å². The Morgan fingerprint density at radius 1 is 0.650 bits per heavy atom. The van der Waals surface area contributed by atoms with Gasteiger partial charge in [-0.25, -0.2) is 0 Å². The van der Waals surface area contributed by atoms with Crippen LogP contribution in [-0.4, -0.2) is 0 Å². The molecular weight excluding hydrogens is 240 g/mol. The van der Waals surface area contributed by atoms with Gasteiger partial charge in [-0.15, -0.1) is 0 Å². The minimum atomic E-state index is 0.827. The molecule has 2 atom stereocenters. The predicted molar refractivity (Wildman–Crippen MR) is 85.6 cm³/mol. The summed E-state index contributed by atoms with van der Waals surface area (Å²) in [6.07, 6.45) is 23.7. The fourth-order valence-electron chi connectivity index (χ4n) is 7.01. The van der Waals surface area contributed by atoms with Crippen LogP contribution in [0.15, 0.2) is 0 Å². The van der Waals surface area contributed by atoms with Crippen LogP contribution in [0.5, 0.6) is 0 Å². The second-order valence-corrected chi connectivity index (χ2v) is 8.78. The molecule has 20 heavy (non-hydrogen) atoms. The van der Waals surface area contributed by atoms with Gasteiger partial charge in [0.05, 0.1) is 0 Å². The van der Waals surface area contributed by atoms with Gasteiger partial charge in [0.15, 0.2) is 0 Å². The summed E-state index contributed by atoms with van der Waals surface area (Å²) >= 11 is 0. The maximum Gasteiger partial charge on any atom is -0.0269 e. The highest BCUT2D eigenvalue weighted by molar-refractivity contribution is 4.95. The zero-order chi connectivity index (χ0) is 13.4. The minimum absolute atomic E-state index is 0.827. The Balaban J connectivity index is 1.42. The van der Waals surface area contributed by atoms with E-state index in [1.807, 2.05) is 0 Å². The summed E-state index contributed by atoms with van der Waals surface area (Å²) in [7, 11) is 0. The monoisotopic (exact) mass is 274 g/mol. The van der Waals surface area contributed by atoms with Crippen molar-refractivity contribution in [2.24, 2.45) is 29.1 Å². The first-order chi connectivity index (χ1) is 9.87. The molecule has 0 aliphatic heterocycles. The van der Waals surface area contributed by atoms with Crippen molar-refractivity contribution in [3.63, 3.8) is 0 Å². The van der Waals surface area contributed by atoms with Crippen LogP contribution in [0.2, 0.25) is 0 Å². The maximum absolute atomic E-state index is 1.62. The van der Waals surface area contributed by atoms with Gasteiger partial charge in [0.1, 0.15) is 0 Å². The molecule has 0 N–H and O–H groups in total. The predicted octanol–water partition coefficient (Wildman–Crippen LogP) is 6.34. The quantitative estimate of drug-likeness (QED) is 0.563. The fraction of sp³-hybridized carbons (Fsp3) is 1.00. The van der Waals surface area contributed by atoms with E-state index in [1.54, 1.807) is 96.3 Å². The average molecular weight is 274 g/mol. The van der Waals surface area contributed by atoms with Gasteiger partial charge in [0.2, 0.25) is 0 Å². The van der Waals surface area contributed by atoms with Gasteiger partial charge in [-0.1, -0.05) is 44.9 Å². The van der Waals surface area contributed by atoms with Gasteiger partial charge < -0.3 is 0 Å². The lowest BCUT2D eigenvalue weighted by molar-refractivity contribution is 0.0233. The number of rotatable bonds is 3. The number of fused-ring (bicyclic) bond motifs is 3. The van der Waals surface area contributed by atoms with Crippen molar-refractivity contribution >= 4 is 0 Å². The van der Waals surface area contributed by atoms with Crippen LogP contribution in [0.1, 0.15) is 96.3 Å². The first kappa shape index (κ1) is 13.6. The van der Waals surface area contributed by atoms with Gasteiger partial charge >= 0.3 is 0 Å². The van der Waals surface area contributed by atoms with Gasteiger partial charge in [-0.2, -0.15) is 0 Å². The molecule has 0 aromatic carbocycles. The lowest BCUT2D eigenvalue weighted by Gasteiger charge is -2.49. The molecule has 4 saturated carbocycles. The van der Waals surface area contributed by atoms with Crippen LogP contribution >= 0.6 is 0 Å². The molecule has 0 amide bonds. The number of hydrogen-bond acceptors (Lipinski definition) is 0. The third-order valence-electron chi connectivity index (χ3n) is 8.07. The lowest BCUT2D eigenvalue weighted by atomic mass is 9.56. The molecule has 0 saturated heterocycles. The van der Waals surface area contributed by atoms with Gasteiger partial charge in [-0.05, 0) is 80.5 Å². The largest absolute Gasteiger partial charge is 0.0530 e. The molecule has 0 aromatic rings.